The summed E-state index contributed by atoms with van der Waals surface area (Å²) < 4.78 is 5.70. The molecular formula is C13H20N2O. The van der Waals surface area contributed by atoms with Gasteiger partial charge >= 0.3 is 0 Å². The quantitative estimate of drug-likeness (QED) is 0.828. The standard InChI is InChI=1S/C13H20N2O/c1-9(2)16-12-5-4-6-14-13(12)15-8-11-7-10(11)3/h4-6,9-11H,7-8H2,1-3H3,(H,14,15). The van der Waals surface area contributed by atoms with Crippen molar-refractivity contribution in [2.24, 2.45) is 11.8 Å². The number of hydrogen-bond donors (Lipinski definition) is 1. The highest BCUT2D eigenvalue weighted by Gasteiger charge is 2.32. The van der Waals surface area contributed by atoms with Gasteiger partial charge in [0.15, 0.2) is 11.6 Å². The van der Waals surface area contributed by atoms with Gasteiger partial charge in [-0.25, -0.2) is 4.98 Å². The van der Waals surface area contributed by atoms with Crippen LogP contribution in [0.4, 0.5) is 5.82 Å². The van der Waals surface area contributed by atoms with Crippen LogP contribution in [0, 0.1) is 11.8 Å². The molecule has 3 nitrogen and oxygen atoms in total. The monoisotopic (exact) mass is 220 g/mol. The predicted molar refractivity (Wildman–Crippen MR) is 65.8 cm³/mol. The Balaban J connectivity index is 1.95. The SMILES string of the molecule is CC(C)Oc1cccnc1NCC1CC1C. The van der Waals surface area contributed by atoms with E-state index in [9.17, 15) is 0 Å². The van der Waals surface area contributed by atoms with Gasteiger partial charge in [-0.15, -0.1) is 0 Å². The number of nitrogens with zero attached hydrogens (tertiary/aromatic N) is 1. The van der Waals surface area contributed by atoms with Crippen LogP contribution in [0.2, 0.25) is 0 Å². The Morgan fingerprint density at radius 3 is 2.94 bits per heavy atom. The molecular weight excluding hydrogens is 200 g/mol. The highest BCUT2D eigenvalue weighted by molar-refractivity contribution is 5.49. The fourth-order valence-electron chi connectivity index (χ4n) is 1.78. The fraction of sp³-hybridized carbons (Fsp3) is 0.615. The van der Waals surface area contributed by atoms with E-state index in [2.05, 4.69) is 17.2 Å². The molecule has 1 aliphatic rings. The van der Waals surface area contributed by atoms with Crippen molar-refractivity contribution in [3.8, 4) is 5.75 Å². The molecule has 88 valence electrons. The molecule has 2 unspecified atom stereocenters. The molecule has 0 radical (unpaired) electrons. The van der Waals surface area contributed by atoms with Gasteiger partial charge in [0, 0.05) is 12.7 Å². The molecule has 1 aromatic heterocycles. The summed E-state index contributed by atoms with van der Waals surface area (Å²) >= 11 is 0. The first-order chi connectivity index (χ1) is 7.66. The molecule has 1 heterocycles. The third-order valence-corrected chi connectivity index (χ3v) is 2.94. The van der Waals surface area contributed by atoms with Gasteiger partial charge in [0.05, 0.1) is 6.10 Å². The molecule has 0 aliphatic heterocycles. The van der Waals surface area contributed by atoms with Crippen molar-refractivity contribution < 1.29 is 4.74 Å². The Hall–Kier alpha value is -1.25. The molecule has 0 aromatic carbocycles. The van der Waals surface area contributed by atoms with Gasteiger partial charge in [-0.05, 0) is 44.2 Å². The third-order valence-electron chi connectivity index (χ3n) is 2.94. The van der Waals surface area contributed by atoms with Crippen molar-refractivity contribution in [1.82, 2.24) is 4.98 Å². The van der Waals surface area contributed by atoms with Crippen molar-refractivity contribution in [1.29, 1.82) is 0 Å². The summed E-state index contributed by atoms with van der Waals surface area (Å²) in [4.78, 5) is 4.32. The van der Waals surface area contributed by atoms with Crippen LogP contribution in [0.5, 0.6) is 5.75 Å². The van der Waals surface area contributed by atoms with Crippen molar-refractivity contribution in [2.75, 3.05) is 11.9 Å². The molecule has 2 rings (SSSR count). The van der Waals surface area contributed by atoms with Crippen LogP contribution >= 0.6 is 0 Å². The van der Waals surface area contributed by atoms with Gasteiger partial charge in [0.2, 0.25) is 0 Å². The Labute approximate surface area is 97.2 Å². The number of anilines is 1. The smallest absolute Gasteiger partial charge is 0.168 e. The van der Waals surface area contributed by atoms with Crippen LogP contribution in [0.3, 0.4) is 0 Å². The lowest BCUT2D eigenvalue weighted by Crippen LogP contribution is -2.11. The molecule has 0 amide bonds. The summed E-state index contributed by atoms with van der Waals surface area (Å²) in [6.45, 7) is 7.35. The first kappa shape index (κ1) is 11.2. The molecule has 0 bridgehead atoms. The maximum absolute atomic E-state index is 5.70. The minimum atomic E-state index is 0.185. The minimum Gasteiger partial charge on any atom is -0.487 e. The zero-order valence-electron chi connectivity index (χ0n) is 10.2. The average Bonchev–Trinajstić information content (AvgIpc) is 2.93. The summed E-state index contributed by atoms with van der Waals surface area (Å²) in [5.41, 5.74) is 0. The van der Waals surface area contributed by atoms with Gasteiger partial charge in [0.1, 0.15) is 0 Å². The molecule has 1 saturated carbocycles. The molecule has 3 heteroatoms. The van der Waals surface area contributed by atoms with E-state index in [1.165, 1.54) is 6.42 Å². The van der Waals surface area contributed by atoms with E-state index in [0.717, 1.165) is 29.9 Å². The van der Waals surface area contributed by atoms with E-state index in [1.807, 2.05) is 26.0 Å². The third kappa shape index (κ3) is 2.87. The molecule has 1 aliphatic carbocycles. The summed E-state index contributed by atoms with van der Waals surface area (Å²) in [5.74, 6) is 3.40. The molecule has 1 aromatic rings. The zero-order valence-corrected chi connectivity index (χ0v) is 10.2. The van der Waals surface area contributed by atoms with Gasteiger partial charge < -0.3 is 10.1 Å². The minimum absolute atomic E-state index is 0.185. The Morgan fingerprint density at radius 2 is 2.31 bits per heavy atom. The fourth-order valence-corrected chi connectivity index (χ4v) is 1.78. The number of hydrogen-bond acceptors (Lipinski definition) is 3. The van der Waals surface area contributed by atoms with E-state index in [4.69, 9.17) is 4.74 Å². The number of pyridine rings is 1. The van der Waals surface area contributed by atoms with E-state index in [0.29, 0.717) is 0 Å². The van der Waals surface area contributed by atoms with E-state index in [-0.39, 0.29) is 6.10 Å². The zero-order chi connectivity index (χ0) is 11.5. The summed E-state index contributed by atoms with van der Waals surface area (Å²) in [6, 6.07) is 3.87. The Kier molecular flexibility index (Phi) is 3.32. The predicted octanol–water partition coefficient (Wildman–Crippen LogP) is 2.94. The van der Waals surface area contributed by atoms with Gasteiger partial charge in [-0.1, -0.05) is 6.92 Å². The summed E-state index contributed by atoms with van der Waals surface area (Å²) in [7, 11) is 0. The van der Waals surface area contributed by atoms with E-state index in [1.54, 1.807) is 6.20 Å². The van der Waals surface area contributed by atoms with E-state index < -0.39 is 0 Å². The van der Waals surface area contributed by atoms with E-state index >= 15 is 0 Å². The maximum atomic E-state index is 5.70. The lowest BCUT2D eigenvalue weighted by Gasteiger charge is -2.14. The normalized spacial score (nSPS) is 23.2. The largest absolute Gasteiger partial charge is 0.487 e. The van der Waals surface area contributed by atoms with Crippen molar-refractivity contribution in [3.05, 3.63) is 18.3 Å². The van der Waals surface area contributed by atoms with Crippen LogP contribution in [0.1, 0.15) is 27.2 Å². The van der Waals surface area contributed by atoms with Gasteiger partial charge in [-0.2, -0.15) is 0 Å². The number of ether oxygens (including phenoxy) is 1. The number of aromatic nitrogens is 1. The molecule has 16 heavy (non-hydrogen) atoms. The number of nitrogens with one attached hydrogen (secondary N) is 1. The highest BCUT2D eigenvalue weighted by atomic mass is 16.5. The average molecular weight is 220 g/mol. The Bertz CT molecular complexity index is 352. The molecule has 0 saturated heterocycles. The number of rotatable bonds is 5. The first-order valence-electron chi connectivity index (χ1n) is 6.02. The van der Waals surface area contributed by atoms with Crippen LogP contribution in [0.15, 0.2) is 18.3 Å². The Morgan fingerprint density at radius 1 is 1.56 bits per heavy atom. The second-order valence-corrected chi connectivity index (χ2v) is 4.87. The lowest BCUT2D eigenvalue weighted by atomic mass is 10.3. The molecule has 1 N–H and O–H groups in total. The second kappa shape index (κ2) is 4.73. The second-order valence-electron chi connectivity index (χ2n) is 4.87. The molecule has 1 fully saturated rings. The lowest BCUT2D eigenvalue weighted by molar-refractivity contribution is 0.243. The maximum Gasteiger partial charge on any atom is 0.168 e. The summed E-state index contributed by atoms with van der Waals surface area (Å²) in [6.07, 6.45) is 3.32. The highest BCUT2D eigenvalue weighted by Crippen LogP contribution is 2.37. The van der Waals surface area contributed by atoms with Gasteiger partial charge in [0.25, 0.3) is 0 Å². The van der Waals surface area contributed by atoms with Crippen LogP contribution in [0.25, 0.3) is 0 Å². The van der Waals surface area contributed by atoms with Crippen LogP contribution in [-0.4, -0.2) is 17.6 Å². The van der Waals surface area contributed by atoms with Crippen molar-refractivity contribution in [3.63, 3.8) is 0 Å². The van der Waals surface area contributed by atoms with Crippen LogP contribution in [-0.2, 0) is 0 Å². The molecule has 0 spiro atoms. The van der Waals surface area contributed by atoms with Gasteiger partial charge in [-0.3, -0.25) is 0 Å². The summed E-state index contributed by atoms with van der Waals surface area (Å²) in [5, 5.41) is 3.37. The topological polar surface area (TPSA) is 34.1 Å². The van der Waals surface area contributed by atoms with Crippen molar-refractivity contribution >= 4 is 5.82 Å². The first-order valence-corrected chi connectivity index (χ1v) is 6.02. The van der Waals surface area contributed by atoms with Crippen LogP contribution < -0.4 is 10.1 Å². The molecule has 2 atom stereocenters. The van der Waals surface area contributed by atoms with Crippen molar-refractivity contribution in [2.45, 2.75) is 33.3 Å².